The number of halogens is 1. The van der Waals surface area contributed by atoms with Gasteiger partial charge in [0, 0.05) is 57.9 Å². The molecule has 0 saturated carbocycles. The van der Waals surface area contributed by atoms with Gasteiger partial charge in [-0.15, -0.1) is 0 Å². The van der Waals surface area contributed by atoms with Crippen molar-refractivity contribution >= 4 is 17.6 Å². The molecule has 6 nitrogen and oxygen atoms in total. The number of benzene rings is 1. The van der Waals surface area contributed by atoms with E-state index in [1.165, 1.54) is 12.1 Å². The topological polar surface area (TPSA) is 60.0 Å². The molecule has 2 rings (SSSR count). The fourth-order valence-corrected chi connectivity index (χ4v) is 2.84. The van der Waals surface area contributed by atoms with Crippen LogP contribution in [0.3, 0.4) is 0 Å². The highest BCUT2D eigenvalue weighted by molar-refractivity contribution is 5.81. The first-order valence-corrected chi connectivity index (χ1v) is 9.29. The lowest BCUT2D eigenvalue weighted by Crippen LogP contribution is -2.49. The zero-order chi connectivity index (χ0) is 18.9. The van der Waals surface area contributed by atoms with Crippen LogP contribution in [0, 0.1) is 5.82 Å². The van der Waals surface area contributed by atoms with Crippen molar-refractivity contribution in [2.75, 3.05) is 44.7 Å². The van der Waals surface area contributed by atoms with E-state index >= 15 is 0 Å². The number of nitrogens with zero attached hydrogens (tertiary/aromatic N) is 3. The Morgan fingerprint density at radius 2 is 1.88 bits per heavy atom. The average molecular weight is 363 g/mol. The van der Waals surface area contributed by atoms with E-state index in [4.69, 9.17) is 0 Å². The second-order valence-electron chi connectivity index (χ2n) is 6.55. The summed E-state index contributed by atoms with van der Waals surface area (Å²) in [5.41, 5.74) is 1.00. The standard InChI is InChI=1S/C19H30FN5O/c1-4-15(2)23-19(21-3)22-10-9-18(26)25-13-11-24(12-14-25)17-7-5-16(20)6-8-17/h5-8,15H,4,9-14H2,1-3H3,(H2,21,22,23). The molecule has 1 atom stereocenters. The lowest BCUT2D eigenvalue weighted by Gasteiger charge is -2.36. The van der Waals surface area contributed by atoms with Crippen LogP contribution in [0.2, 0.25) is 0 Å². The number of hydrogen-bond acceptors (Lipinski definition) is 3. The molecule has 1 aliphatic heterocycles. The van der Waals surface area contributed by atoms with Crippen LogP contribution in [0.5, 0.6) is 0 Å². The summed E-state index contributed by atoms with van der Waals surface area (Å²) < 4.78 is 13.0. The molecule has 1 saturated heterocycles. The van der Waals surface area contributed by atoms with Crippen molar-refractivity contribution in [3.05, 3.63) is 30.1 Å². The maximum Gasteiger partial charge on any atom is 0.224 e. The van der Waals surface area contributed by atoms with Crippen LogP contribution in [-0.2, 0) is 4.79 Å². The maximum atomic E-state index is 13.0. The summed E-state index contributed by atoms with van der Waals surface area (Å²) >= 11 is 0. The van der Waals surface area contributed by atoms with Gasteiger partial charge in [-0.05, 0) is 37.6 Å². The van der Waals surface area contributed by atoms with Gasteiger partial charge in [0.15, 0.2) is 5.96 Å². The highest BCUT2D eigenvalue weighted by atomic mass is 19.1. The molecule has 0 bridgehead atoms. The van der Waals surface area contributed by atoms with Crippen molar-refractivity contribution < 1.29 is 9.18 Å². The molecule has 2 N–H and O–H groups in total. The van der Waals surface area contributed by atoms with Gasteiger partial charge in [0.25, 0.3) is 0 Å². The largest absolute Gasteiger partial charge is 0.368 e. The van der Waals surface area contributed by atoms with Crippen molar-refractivity contribution in [1.29, 1.82) is 0 Å². The molecule has 1 heterocycles. The number of guanidine groups is 1. The summed E-state index contributed by atoms with van der Waals surface area (Å²) in [6.07, 6.45) is 1.45. The highest BCUT2D eigenvalue weighted by Gasteiger charge is 2.21. The molecule has 1 aliphatic rings. The molecule has 1 aromatic rings. The first kappa shape index (κ1) is 20.0. The number of aliphatic imine (C=N–C) groups is 1. The molecule has 0 aromatic heterocycles. The molecule has 1 unspecified atom stereocenters. The van der Waals surface area contributed by atoms with E-state index in [1.54, 1.807) is 19.2 Å². The van der Waals surface area contributed by atoms with E-state index in [-0.39, 0.29) is 11.7 Å². The van der Waals surface area contributed by atoms with E-state index < -0.39 is 0 Å². The molecule has 0 radical (unpaired) electrons. The van der Waals surface area contributed by atoms with Crippen LogP contribution in [0.25, 0.3) is 0 Å². The Morgan fingerprint density at radius 1 is 1.23 bits per heavy atom. The van der Waals surface area contributed by atoms with Crippen LogP contribution in [-0.4, -0.2) is 62.6 Å². The number of nitrogens with one attached hydrogen (secondary N) is 2. The van der Waals surface area contributed by atoms with E-state index in [9.17, 15) is 9.18 Å². The third kappa shape index (κ3) is 5.89. The fraction of sp³-hybridized carbons (Fsp3) is 0.579. The summed E-state index contributed by atoms with van der Waals surface area (Å²) in [5, 5.41) is 6.47. The Bertz CT molecular complexity index is 596. The van der Waals surface area contributed by atoms with Crippen LogP contribution < -0.4 is 15.5 Å². The van der Waals surface area contributed by atoms with Crippen molar-refractivity contribution in [1.82, 2.24) is 15.5 Å². The van der Waals surface area contributed by atoms with Gasteiger partial charge < -0.3 is 20.4 Å². The van der Waals surface area contributed by atoms with Crippen molar-refractivity contribution in [2.45, 2.75) is 32.7 Å². The van der Waals surface area contributed by atoms with Crippen LogP contribution >= 0.6 is 0 Å². The van der Waals surface area contributed by atoms with E-state index in [1.807, 2.05) is 4.90 Å². The molecule has 1 aromatic carbocycles. The average Bonchev–Trinajstić information content (AvgIpc) is 2.67. The minimum absolute atomic E-state index is 0.148. The van der Waals surface area contributed by atoms with Crippen LogP contribution in [0.1, 0.15) is 26.7 Å². The lowest BCUT2D eigenvalue weighted by atomic mass is 10.2. The molecule has 0 aliphatic carbocycles. The minimum Gasteiger partial charge on any atom is -0.368 e. The Kier molecular flexibility index (Phi) is 7.69. The molecule has 1 fully saturated rings. The quantitative estimate of drug-likeness (QED) is 0.598. The van der Waals surface area contributed by atoms with Gasteiger partial charge >= 0.3 is 0 Å². The summed E-state index contributed by atoms with van der Waals surface area (Å²) in [5.74, 6) is 0.649. The Morgan fingerprint density at radius 3 is 2.46 bits per heavy atom. The lowest BCUT2D eigenvalue weighted by molar-refractivity contribution is -0.131. The highest BCUT2D eigenvalue weighted by Crippen LogP contribution is 2.17. The summed E-state index contributed by atoms with van der Waals surface area (Å²) in [6, 6.07) is 6.85. The van der Waals surface area contributed by atoms with Gasteiger partial charge in [-0.1, -0.05) is 6.92 Å². The molecule has 1 amide bonds. The van der Waals surface area contributed by atoms with Gasteiger partial charge in [-0.3, -0.25) is 9.79 Å². The molecule has 144 valence electrons. The number of rotatable bonds is 6. The second-order valence-corrected chi connectivity index (χ2v) is 6.55. The predicted octanol–water partition coefficient (Wildman–Crippen LogP) is 1.83. The van der Waals surface area contributed by atoms with E-state index in [2.05, 4.69) is 34.4 Å². The number of carbonyl (C=O) groups is 1. The normalized spacial score (nSPS) is 16.4. The number of carbonyl (C=O) groups excluding carboxylic acids is 1. The molecular weight excluding hydrogens is 333 g/mol. The number of amides is 1. The minimum atomic E-state index is -0.229. The Balaban J connectivity index is 1.72. The number of piperazine rings is 1. The van der Waals surface area contributed by atoms with Crippen molar-refractivity contribution in [3.63, 3.8) is 0 Å². The summed E-state index contributed by atoms with van der Waals surface area (Å²) in [4.78, 5) is 20.6. The Hall–Kier alpha value is -2.31. The van der Waals surface area contributed by atoms with Gasteiger partial charge in [0.2, 0.25) is 5.91 Å². The fourth-order valence-electron chi connectivity index (χ4n) is 2.84. The second kappa shape index (κ2) is 9.99. The number of anilines is 1. The predicted molar refractivity (Wildman–Crippen MR) is 104 cm³/mol. The summed E-state index contributed by atoms with van der Waals surface area (Å²) in [7, 11) is 1.73. The number of hydrogen-bond donors (Lipinski definition) is 2. The van der Waals surface area contributed by atoms with Gasteiger partial charge in [-0.2, -0.15) is 0 Å². The zero-order valence-electron chi connectivity index (χ0n) is 16.0. The molecule has 0 spiro atoms. The Labute approximate surface area is 155 Å². The third-order valence-corrected chi connectivity index (χ3v) is 4.67. The SMILES string of the molecule is CCC(C)NC(=NC)NCCC(=O)N1CCN(c2ccc(F)cc2)CC1. The van der Waals surface area contributed by atoms with Crippen molar-refractivity contribution in [2.24, 2.45) is 4.99 Å². The zero-order valence-corrected chi connectivity index (χ0v) is 16.0. The maximum absolute atomic E-state index is 13.0. The molecule has 7 heteroatoms. The van der Waals surface area contributed by atoms with Crippen LogP contribution in [0.4, 0.5) is 10.1 Å². The van der Waals surface area contributed by atoms with E-state index in [0.717, 1.165) is 31.2 Å². The van der Waals surface area contributed by atoms with Gasteiger partial charge in [-0.25, -0.2) is 4.39 Å². The smallest absolute Gasteiger partial charge is 0.224 e. The third-order valence-electron chi connectivity index (χ3n) is 4.67. The summed E-state index contributed by atoms with van der Waals surface area (Å²) in [6.45, 7) is 7.68. The monoisotopic (exact) mass is 363 g/mol. The first-order valence-electron chi connectivity index (χ1n) is 9.29. The van der Waals surface area contributed by atoms with Gasteiger partial charge in [0.1, 0.15) is 5.82 Å². The van der Waals surface area contributed by atoms with E-state index in [0.29, 0.717) is 32.1 Å². The van der Waals surface area contributed by atoms with Crippen molar-refractivity contribution in [3.8, 4) is 0 Å². The van der Waals surface area contributed by atoms with Gasteiger partial charge in [0.05, 0.1) is 0 Å². The molecular formula is C19H30FN5O. The first-order chi connectivity index (χ1) is 12.5. The molecule has 26 heavy (non-hydrogen) atoms. The van der Waals surface area contributed by atoms with Crippen LogP contribution in [0.15, 0.2) is 29.3 Å².